The van der Waals surface area contributed by atoms with Crippen molar-refractivity contribution in [2.75, 3.05) is 17.3 Å². The molecular weight excluding hydrogens is 359 g/mol. The molecule has 0 radical (unpaired) electrons. The predicted molar refractivity (Wildman–Crippen MR) is 101 cm³/mol. The van der Waals surface area contributed by atoms with Crippen LogP contribution in [0, 0.1) is 0 Å². The first-order valence-electron chi connectivity index (χ1n) is 7.43. The van der Waals surface area contributed by atoms with Crippen LogP contribution in [0.25, 0.3) is 0 Å². The van der Waals surface area contributed by atoms with Gasteiger partial charge in [0, 0.05) is 18.9 Å². The van der Waals surface area contributed by atoms with Crippen molar-refractivity contribution >= 4 is 46.4 Å². The van der Waals surface area contributed by atoms with Crippen molar-refractivity contribution in [2.45, 2.75) is 0 Å². The molecule has 1 heterocycles. The second kappa shape index (κ2) is 7.51. The lowest BCUT2D eigenvalue weighted by Crippen LogP contribution is -2.27. The average molecular weight is 373 g/mol. The average Bonchev–Trinajstić information content (AvgIpc) is 2.65. The van der Waals surface area contributed by atoms with Crippen molar-refractivity contribution in [1.29, 1.82) is 0 Å². The minimum Gasteiger partial charge on any atom is -0.323 e. The summed E-state index contributed by atoms with van der Waals surface area (Å²) in [7, 11) is 1.70. The molecule has 3 aromatic rings. The van der Waals surface area contributed by atoms with Crippen LogP contribution in [0.5, 0.6) is 0 Å². The third-order valence-electron chi connectivity index (χ3n) is 3.52. The van der Waals surface area contributed by atoms with Gasteiger partial charge in [-0.2, -0.15) is 0 Å². The summed E-state index contributed by atoms with van der Waals surface area (Å²) in [5.74, 6) is 0.0188. The van der Waals surface area contributed by atoms with Crippen molar-refractivity contribution in [2.24, 2.45) is 0 Å². The Morgan fingerprint density at radius 1 is 1.04 bits per heavy atom. The molecule has 7 heteroatoms. The number of nitrogens with one attached hydrogen (secondary N) is 1. The number of hydrogen-bond donors (Lipinski definition) is 1. The highest BCUT2D eigenvalue weighted by Crippen LogP contribution is 2.30. The van der Waals surface area contributed by atoms with Gasteiger partial charge in [0.05, 0.1) is 15.7 Å². The van der Waals surface area contributed by atoms with Gasteiger partial charge in [0.2, 0.25) is 5.95 Å². The number of aromatic nitrogens is 2. The summed E-state index contributed by atoms with van der Waals surface area (Å²) in [6.07, 6.45) is 1.51. The monoisotopic (exact) mass is 372 g/mol. The smallest absolute Gasteiger partial charge is 0.276 e. The Morgan fingerprint density at radius 2 is 1.80 bits per heavy atom. The molecule has 0 atom stereocenters. The Kier molecular flexibility index (Phi) is 5.16. The summed E-state index contributed by atoms with van der Waals surface area (Å²) in [5, 5.41) is 3.76. The van der Waals surface area contributed by atoms with E-state index < -0.39 is 0 Å². The van der Waals surface area contributed by atoms with Crippen LogP contribution in [-0.2, 0) is 0 Å². The molecule has 0 fully saturated rings. The minimum absolute atomic E-state index is 0.242. The fourth-order valence-corrected chi connectivity index (χ4v) is 2.55. The van der Waals surface area contributed by atoms with Gasteiger partial charge in [0.25, 0.3) is 5.91 Å². The van der Waals surface area contributed by atoms with E-state index in [-0.39, 0.29) is 17.5 Å². The number of carbonyl (C=O) groups is 1. The molecule has 0 unspecified atom stereocenters. The van der Waals surface area contributed by atoms with Gasteiger partial charge in [-0.25, -0.2) is 9.97 Å². The van der Waals surface area contributed by atoms with Crippen molar-refractivity contribution in [3.63, 3.8) is 0 Å². The van der Waals surface area contributed by atoms with E-state index in [0.29, 0.717) is 15.7 Å². The van der Waals surface area contributed by atoms with Gasteiger partial charge in [0.15, 0.2) is 0 Å². The maximum atomic E-state index is 12.6. The maximum Gasteiger partial charge on any atom is 0.276 e. The van der Waals surface area contributed by atoms with Gasteiger partial charge in [-0.3, -0.25) is 4.79 Å². The molecule has 2 aromatic carbocycles. The van der Waals surface area contributed by atoms with Crippen molar-refractivity contribution in [3.8, 4) is 0 Å². The molecule has 0 aliphatic heterocycles. The molecule has 25 heavy (non-hydrogen) atoms. The lowest BCUT2D eigenvalue weighted by Gasteiger charge is -2.17. The van der Waals surface area contributed by atoms with E-state index in [1.807, 2.05) is 30.3 Å². The first-order chi connectivity index (χ1) is 12.1. The van der Waals surface area contributed by atoms with Gasteiger partial charge >= 0.3 is 0 Å². The fourth-order valence-electron chi connectivity index (χ4n) is 2.20. The highest BCUT2D eigenvalue weighted by Gasteiger charge is 2.16. The SMILES string of the molecule is CN(C(=O)c1ccnc(Nc2cccc(Cl)c2Cl)n1)c1ccccc1. The van der Waals surface area contributed by atoms with Crippen LogP contribution >= 0.6 is 23.2 Å². The zero-order valence-electron chi connectivity index (χ0n) is 13.3. The van der Waals surface area contributed by atoms with Crippen LogP contribution in [-0.4, -0.2) is 22.9 Å². The third-order valence-corrected chi connectivity index (χ3v) is 4.34. The molecular formula is C18H14Cl2N4O. The van der Waals surface area contributed by atoms with Gasteiger partial charge in [0.1, 0.15) is 5.69 Å². The molecule has 0 bridgehead atoms. The molecule has 0 saturated carbocycles. The first kappa shape index (κ1) is 17.2. The van der Waals surface area contributed by atoms with E-state index in [9.17, 15) is 4.79 Å². The number of nitrogens with zero attached hydrogens (tertiary/aromatic N) is 3. The molecule has 0 saturated heterocycles. The molecule has 0 spiro atoms. The number of hydrogen-bond acceptors (Lipinski definition) is 4. The van der Waals surface area contributed by atoms with E-state index in [2.05, 4.69) is 15.3 Å². The van der Waals surface area contributed by atoms with Gasteiger partial charge in [-0.05, 0) is 30.3 Å². The zero-order chi connectivity index (χ0) is 17.8. The normalized spacial score (nSPS) is 10.4. The number of anilines is 3. The minimum atomic E-state index is -0.242. The van der Waals surface area contributed by atoms with Crippen LogP contribution in [0.1, 0.15) is 10.5 Å². The topological polar surface area (TPSA) is 58.1 Å². The number of halogens is 2. The zero-order valence-corrected chi connectivity index (χ0v) is 14.8. The van der Waals surface area contributed by atoms with E-state index in [1.54, 1.807) is 31.3 Å². The fraction of sp³-hybridized carbons (Fsp3) is 0.0556. The maximum absolute atomic E-state index is 12.6. The van der Waals surface area contributed by atoms with Gasteiger partial charge < -0.3 is 10.2 Å². The number of benzene rings is 2. The Balaban J connectivity index is 1.84. The summed E-state index contributed by atoms with van der Waals surface area (Å²) >= 11 is 12.1. The largest absolute Gasteiger partial charge is 0.323 e. The van der Waals surface area contributed by atoms with Gasteiger partial charge in [-0.1, -0.05) is 47.5 Å². The number of rotatable bonds is 4. The summed E-state index contributed by atoms with van der Waals surface area (Å²) in [6, 6.07) is 16.1. The highest BCUT2D eigenvalue weighted by molar-refractivity contribution is 6.43. The second-order valence-corrected chi connectivity index (χ2v) is 5.98. The van der Waals surface area contributed by atoms with E-state index >= 15 is 0 Å². The van der Waals surface area contributed by atoms with Crippen LogP contribution in [0.4, 0.5) is 17.3 Å². The third kappa shape index (κ3) is 3.90. The van der Waals surface area contributed by atoms with Crippen LogP contribution in [0.2, 0.25) is 10.0 Å². The van der Waals surface area contributed by atoms with E-state index in [4.69, 9.17) is 23.2 Å². The van der Waals surface area contributed by atoms with Crippen LogP contribution in [0.3, 0.4) is 0 Å². The molecule has 1 aromatic heterocycles. The van der Waals surface area contributed by atoms with Crippen molar-refractivity contribution in [3.05, 3.63) is 76.5 Å². The first-order valence-corrected chi connectivity index (χ1v) is 8.19. The molecule has 0 aliphatic rings. The lowest BCUT2D eigenvalue weighted by molar-refractivity contribution is 0.0988. The quantitative estimate of drug-likeness (QED) is 0.714. The summed E-state index contributed by atoms with van der Waals surface area (Å²) in [4.78, 5) is 22.6. The standard InChI is InChI=1S/C18H14Cl2N4O/c1-24(12-6-3-2-4-7-12)17(25)15-10-11-21-18(23-15)22-14-9-5-8-13(19)16(14)20/h2-11H,1H3,(H,21,22,23). The second-order valence-electron chi connectivity index (χ2n) is 5.19. The van der Waals surface area contributed by atoms with Crippen molar-refractivity contribution < 1.29 is 4.79 Å². The van der Waals surface area contributed by atoms with E-state index in [0.717, 1.165) is 5.69 Å². The molecule has 5 nitrogen and oxygen atoms in total. The van der Waals surface area contributed by atoms with Crippen LogP contribution < -0.4 is 10.2 Å². The molecule has 3 rings (SSSR count). The van der Waals surface area contributed by atoms with Crippen molar-refractivity contribution in [1.82, 2.24) is 9.97 Å². The highest BCUT2D eigenvalue weighted by atomic mass is 35.5. The molecule has 0 aliphatic carbocycles. The molecule has 1 amide bonds. The lowest BCUT2D eigenvalue weighted by atomic mass is 10.2. The molecule has 1 N–H and O–H groups in total. The van der Waals surface area contributed by atoms with Crippen LogP contribution in [0.15, 0.2) is 60.8 Å². The Hall–Kier alpha value is -2.63. The Labute approximate surface area is 155 Å². The molecule has 126 valence electrons. The Bertz CT molecular complexity index is 903. The number of carbonyl (C=O) groups excluding carboxylic acids is 1. The predicted octanol–water partition coefficient (Wildman–Crippen LogP) is 4.80. The summed E-state index contributed by atoms with van der Waals surface area (Å²) in [6.45, 7) is 0. The number of para-hydroxylation sites is 1. The summed E-state index contributed by atoms with van der Waals surface area (Å²) < 4.78 is 0. The Morgan fingerprint density at radius 3 is 2.56 bits per heavy atom. The van der Waals surface area contributed by atoms with Gasteiger partial charge in [-0.15, -0.1) is 0 Å². The number of amides is 1. The summed E-state index contributed by atoms with van der Waals surface area (Å²) in [5.41, 5.74) is 1.61. The van der Waals surface area contributed by atoms with E-state index in [1.165, 1.54) is 11.1 Å².